The molecule has 5 nitrogen and oxygen atoms in total. The monoisotopic (exact) mass is 368 g/mol. The SMILES string of the molecule is O=C1Cc2c(-c3cccc4ccccc34)n[nH]c2CN1CCc1ccncc1. The first-order valence-electron chi connectivity index (χ1n) is 9.50. The molecule has 0 spiro atoms. The number of hydrogen-bond acceptors (Lipinski definition) is 3. The zero-order valence-electron chi connectivity index (χ0n) is 15.4. The number of aromatic amines is 1. The molecule has 0 unspecified atom stereocenters. The number of amides is 1. The fourth-order valence-corrected chi connectivity index (χ4v) is 3.94. The summed E-state index contributed by atoms with van der Waals surface area (Å²) < 4.78 is 0. The van der Waals surface area contributed by atoms with Crippen molar-refractivity contribution in [3.05, 3.63) is 83.8 Å². The van der Waals surface area contributed by atoms with E-state index in [9.17, 15) is 4.79 Å². The van der Waals surface area contributed by atoms with E-state index < -0.39 is 0 Å². The maximum atomic E-state index is 12.8. The lowest BCUT2D eigenvalue weighted by Gasteiger charge is -2.27. The van der Waals surface area contributed by atoms with Crippen molar-refractivity contribution >= 4 is 16.7 Å². The maximum absolute atomic E-state index is 12.8. The minimum atomic E-state index is 0.157. The van der Waals surface area contributed by atoms with Crippen LogP contribution in [-0.4, -0.2) is 32.5 Å². The fourth-order valence-electron chi connectivity index (χ4n) is 3.94. The summed E-state index contributed by atoms with van der Waals surface area (Å²) in [4.78, 5) is 18.7. The quantitative estimate of drug-likeness (QED) is 0.597. The van der Waals surface area contributed by atoms with Gasteiger partial charge in [-0.1, -0.05) is 42.5 Å². The van der Waals surface area contributed by atoms with Crippen LogP contribution in [0.15, 0.2) is 67.0 Å². The lowest BCUT2D eigenvalue weighted by atomic mass is 9.95. The summed E-state index contributed by atoms with van der Waals surface area (Å²) in [5.41, 5.74) is 5.23. The lowest BCUT2D eigenvalue weighted by Crippen LogP contribution is -2.37. The van der Waals surface area contributed by atoms with Crippen molar-refractivity contribution in [3.63, 3.8) is 0 Å². The van der Waals surface area contributed by atoms with Gasteiger partial charge < -0.3 is 4.90 Å². The number of aromatic nitrogens is 3. The van der Waals surface area contributed by atoms with Crippen LogP contribution < -0.4 is 0 Å². The number of rotatable bonds is 4. The number of carbonyl (C=O) groups is 1. The molecule has 2 aromatic heterocycles. The van der Waals surface area contributed by atoms with E-state index in [1.807, 2.05) is 35.2 Å². The largest absolute Gasteiger partial charge is 0.336 e. The second-order valence-corrected chi connectivity index (χ2v) is 7.15. The molecule has 4 aromatic rings. The van der Waals surface area contributed by atoms with Crippen LogP contribution in [0, 0.1) is 0 Å². The number of nitrogens with zero attached hydrogens (tertiary/aromatic N) is 3. The van der Waals surface area contributed by atoms with Gasteiger partial charge in [-0.05, 0) is 34.9 Å². The molecule has 5 heteroatoms. The van der Waals surface area contributed by atoms with Gasteiger partial charge >= 0.3 is 0 Å². The van der Waals surface area contributed by atoms with Crippen molar-refractivity contribution in [1.29, 1.82) is 0 Å². The van der Waals surface area contributed by atoms with Crippen LogP contribution in [0.2, 0.25) is 0 Å². The molecular weight excluding hydrogens is 348 g/mol. The Bertz CT molecular complexity index is 1140. The van der Waals surface area contributed by atoms with Gasteiger partial charge in [0.2, 0.25) is 5.91 Å². The van der Waals surface area contributed by atoms with Crippen molar-refractivity contribution in [1.82, 2.24) is 20.1 Å². The van der Waals surface area contributed by atoms with Gasteiger partial charge in [-0.2, -0.15) is 5.10 Å². The van der Waals surface area contributed by atoms with E-state index in [0.29, 0.717) is 19.5 Å². The summed E-state index contributed by atoms with van der Waals surface area (Å²) in [6.07, 6.45) is 4.79. The first-order valence-corrected chi connectivity index (χ1v) is 9.50. The van der Waals surface area contributed by atoms with Gasteiger partial charge in [-0.25, -0.2) is 0 Å². The fraction of sp³-hybridized carbons (Fsp3) is 0.174. The third-order valence-electron chi connectivity index (χ3n) is 5.45. The minimum Gasteiger partial charge on any atom is -0.336 e. The topological polar surface area (TPSA) is 61.9 Å². The Kier molecular flexibility index (Phi) is 4.13. The highest BCUT2D eigenvalue weighted by Crippen LogP contribution is 2.33. The molecule has 1 aliphatic heterocycles. The van der Waals surface area contributed by atoms with Gasteiger partial charge in [-0.3, -0.25) is 14.9 Å². The number of benzene rings is 2. The van der Waals surface area contributed by atoms with Crippen LogP contribution in [0.25, 0.3) is 22.0 Å². The van der Waals surface area contributed by atoms with E-state index in [4.69, 9.17) is 0 Å². The molecule has 0 aliphatic carbocycles. The number of fused-ring (bicyclic) bond motifs is 2. The molecule has 0 saturated carbocycles. The van der Waals surface area contributed by atoms with Crippen molar-refractivity contribution in [2.75, 3.05) is 6.54 Å². The number of hydrogen-bond donors (Lipinski definition) is 1. The van der Waals surface area contributed by atoms with Gasteiger partial charge in [0.05, 0.1) is 24.4 Å². The normalized spacial score (nSPS) is 13.7. The van der Waals surface area contributed by atoms with Gasteiger partial charge in [0.25, 0.3) is 0 Å². The van der Waals surface area contributed by atoms with E-state index in [1.54, 1.807) is 12.4 Å². The summed E-state index contributed by atoms with van der Waals surface area (Å²) >= 11 is 0. The van der Waals surface area contributed by atoms with Crippen LogP contribution in [0.3, 0.4) is 0 Å². The number of nitrogens with one attached hydrogen (secondary N) is 1. The highest BCUT2D eigenvalue weighted by molar-refractivity contribution is 5.97. The molecule has 0 bridgehead atoms. The Morgan fingerprint density at radius 1 is 1.00 bits per heavy atom. The average molecular weight is 368 g/mol. The molecule has 138 valence electrons. The predicted molar refractivity (Wildman–Crippen MR) is 109 cm³/mol. The Morgan fingerprint density at radius 3 is 2.71 bits per heavy atom. The molecule has 1 aliphatic rings. The van der Waals surface area contributed by atoms with Crippen LogP contribution in [-0.2, 0) is 24.2 Å². The van der Waals surface area contributed by atoms with Gasteiger partial charge in [0, 0.05) is 30.1 Å². The standard InChI is InChI=1S/C23H20N4O/c28-22-14-20-21(15-27(22)13-10-16-8-11-24-12-9-16)25-26-23(20)19-7-3-5-17-4-1-2-6-18(17)19/h1-9,11-12H,10,13-15H2,(H,25,26). The molecule has 5 rings (SSSR count). The molecule has 0 radical (unpaired) electrons. The first kappa shape index (κ1) is 16.7. The van der Waals surface area contributed by atoms with Crippen LogP contribution in [0.1, 0.15) is 16.8 Å². The van der Waals surface area contributed by atoms with Gasteiger partial charge in [-0.15, -0.1) is 0 Å². The Hall–Kier alpha value is -3.47. The molecule has 0 saturated heterocycles. The molecule has 1 N–H and O–H groups in total. The van der Waals surface area contributed by atoms with E-state index in [1.165, 1.54) is 10.9 Å². The van der Waals surface area contributed by atoms with Crippen molar-refractivity contribution in [3.8, 4) is 11.3 Å². The number of pyridine rings is 1. The third kappa shape index (κ3) is 2.95. The van der Waals surface area contributed by atoms with Crippen molar-refractivity contribution in [2.45, 2.75) is 19.4 Å². The first-order chi connectivity index (χ1) is 13.8. The minimum absolute atomic E-state index is 0.157. The Morgan fingerprint density at radius 2 is 1.82 bits per heavy atom. The maximum Gasteiger partial charge on any atom is 0.227 e. The van der Waals surface area contributed by atoms with E-state index >= 15 is 0 Å². The second kappa shape index (κ2) is 6.93. The zero-order chi connectivity index (χ0) is 18.9. The smallest absolute Gasteiger partial charge is 0.227 e. The molecule has 28 heavy (non-hydrogen) atoms. The van der Waals surface area contributed by atoms with E-state index in [0.717, 1.165) is 34.3 Å². The second-order valence-electron chi connectivity index (χ2n) is 7.15. The van der Waals surface area contributed by atoms with Crippen molar-refractivity contribution < 1.29 is 4.79 Å². The number of carbonyl (C=O) groups excluding carboxylic acids is 1. The predicted octanol–water partition coefficient (Wildman–Crippen LogP) is 3.75. The van der Waals surface area contributed by atoms with Crippen LogP contribution in [0.5, 0.6) is 0 Å². The van der Waals surface area contributed by atoms with Crippen molar-refractivity contribution in [2.24, 2.45) is 0 Å². The van der Waals surface area contributed by atoms with E-state index in [2.05, 4.69) is 39.4 Å². The molecule has 0 fully saturated rings. The Balaban J connectivity index is 1.43. The average Bonchev–Trinajstić information content (AvgIpc) is 3.14. The Labute approximate surface area is 163 Å². The van der Waals surface area contributed by atoms with Gasteiger partial charge in [0.1, 0.15) is 0 Å². The van der Waals surface area contributed by atoms with Crippen LogP contribution in [0.4, 0.5) is 0 Å². The third-order valence-corrected chi connectivity index (χ3v) is 5.45. The lowest BCUT2D eigenvalue weighted by molar-refractivity contribution is -0.131. The van der Waals surface area contributed by atoms with Crippen LogP contribution >= 0.6 is 0 Å². The summed E-state index contributed by atoms with van der Waals surface area (Å²) in [5.74, 6) is 0.157. The highest BCUT2D eigenvalue weighted by atomic mass is 16.2. The van der Waals surface area contributed by atoms with E-state index in [-0.39, 0.29) is 5.91 Å². The molecule has 1 amide bonds. The molecule has 3 heterocycles. The summed E-state index contributed by atoms with van der Waals surface area (Å²) in [6.45, 7) is 1.28. The summed E-state index contributed by atoms with van der Waals surface area (Å²) in [6, 6.07) is 18.5. The molecule has 2 aromatic carbocycles. The molecular formula is C23H20N4O. The summed E-state index contributed by atoms with van der Waals surface area (Å²) in [7, 11) is 0. The molecule has 0 atom stereocenters. The highest BCUT2D eigenvalue weighted by Gasteiger charge is 2.28. The zero-order valence-corrected chi connectivity index (χ0v) is 15.4. The van der Waals surface area contributed by atoms with Gasteiger partial charge in [0.15, 0.2) is 0 Å². The number of H-pyrrole nitrogens is 1. The summed E-state index contributed by atoms with van der Waals surface area (Å²) in [5, 5.41) is 10.1.